The Balaban J connectivity index is 1.67. The van der Waals surface area contributed by atoms with E-state index in [2.05, 4.69) is 15.6 Å². The largest absolute Gasteiger partial charge is 0.361 e. The van der Waals surface area contributed by atoms with E-state index in [9.17, 15) is 0 Å². The predicted molar refractivity (Wildman–Crippen MR) is 64.5 cm³/mol. The van der Waals surface area contributed by atoms with Crippen LogP contribution in [0.15, 0.2) is 23.0 Å². The van der Waals surface area contributed by atoms with Gasteiger partial charge in [-0.3, -0.25) is 4.68 Å². The van der Waals surface area contributed by atoms with Gasteiger partial charge in [0.25, 0.3) is 0 Å². The fourth-order valence-corrected chi connectivity index (χ4v) is 1.77. The van der Waals surface area contributed by atoms with Crippen molar-refractivity contribution < 1.29 is 4.52 Å². The zero-order valence-electron chi connectivity index (χ0n) is 10.3. The van der Waals surface area contributed by atoms with Gasteiger partial charge in [-0.25, -0.2) is 0 Å². The van der Waals surface area contributed by atoms with Crippen LogP contribution < -0.4 is 5.32 Å². The third-order valence-corrected chi connectivity index (χ3v) is 2.78. The van der Waals surface area contributed by atoms with Crippen molar-refractivity contribution in [1.82, 2.24) is 20.3 Å². The average molecular weight is 234 g/mol. The van der Waals surface area contributed by atoms with Crippen molar-refractivity contribution in [3.05, 3.63) is 35.5 Å². The first-order valence-electron chi connectivity index (χ1n) is 5.87. The van der Waals surface area contributed by atoms with E-state index in [0.29, 0.717) is 0 Å². The molecule has 2 rings (SSSR count). The first-order valence-corrected chi connectivity index (χ1v) is 5.87. The first-order chi connectivity index (χ1) is 8.27. The summed E-state index contributed by atoms with van der Waals surface area (Å²) in [6.07, 6.45) is 4.84. The minimum atomic E-state index is 0.820. The minimum absolute atomic E-state index is 0.820. The molecule has 0 aliphatic heterocycles. The fourth-order valence-electron chi connectivity index (χ4n) is 1.77. The summed E-state index contributed by atoms with van der Waals surface area (Å²) in [5.74, 6) is 0.905. The molecule has 0 aliphatic carbocycles. The molecule has 2 aromatic rings. The van der Waals surface area contributed by atoms with E-state index in [1.165, 1.54) is 5.56 Å². The van der Waals surface area contributed by atoms with E-state index in [-0.39, 0.29) is 0 Å². The van der Waals surface area contributed by atoms with Crippen molar-refractivity contribution >= 4 is 0 Å². The molecule has 0 amide bonds. The quantitative estimate of drug-likeness (QED) is 0.772. The fraction of sp³-hybridized carbons (Fsp3) is 0.500. The topological polar surface area (TPSA) is 55.9 Å². The Morgan fingerprint density at radius 3 is 2.94 bits per heavy atom. The Kier molecular flexibility index (Phi) is 3.93. The lowest BCUT2D eigenvalue weighted by molar-refractivity contribution is 0.391. The standard InChI is InChI=1S/C12H18N4O/c1-10-12(11(2)17-15-10)9-13-5-3-7-16-8-4-6-14-16/h4,6,8,13H,3,5,7,9H2,1-2H3. The monoisotopic (exact) mass is 234 g/mol. The van der Waals surface area contributed by atoms with Gasteiger partial charge in [0.15, 0.2) is 0 Å². The molecular weight excluding hydrogens is 216 g/mol. The SMILES string of the molecule is Cc1noc(C)c1CNCCCn1cccn1. The second-order valence-corrected chi connectivity index (χ2v) is 4.10. The highest BCUT2D eigenvalue weighted by atomic mass is 16.5. The zero-order valence-corrected chi connectivity index (χ0v) is 10.3. The second-order valence-electron chi connectivity index (χ2n) is 4.10. The van der Waals surface area contributed by atoms with Gasteiger partial charge in [-0.15, -0.1) is 0 Å². The highest BCUT2D eigenvalue weighted by Crippen LogP contribution is 2.11. The highest BCUT2D eigenvalue weighted by molar-refractivity contribution is 5.20. The normalized spacial score (nSPS) is 10.9. The van der Waals surface area contributed by atoms with Crippen LogP contribution >= 0.6 is 0 Å². The molecule has 0 radical (unpaired) electrons. The van der Waals surface area contributed by atoms with E-state index in [0.717, 1.165) is 37.5 Å². The number of aromatic nitrogens is 3. The van der Waals surface area contributed by atoms with Crippen LogP contribution in [0, 0.1) is 13.8 Å². The van der Waals surface area contributed by atoms with E-state index in [1.807, 2.05) is 30.8 Å². The van der Waals surface area contributed by atoms with Gasteiger partial charge in [-0.05, 0) is 32.9 Å². The smallest absolute Gasteiger partial charge is 0.138 e. The van der Waals surface area contributed by atoms with E-state index < -0.39 is 0 Å². The minimum Gasteiger partial charge on any atom is -0.361 e. The highest BCUT2D eigenvalue weighted by Gasteiger charge is 2.07. The Hall–Kier alpha value is -1.62. The molecule has 5 heteroatoms. The summed E-state index contributed by atoms with van der Waals surface area (Å²) in [6, 6.07) is 1.94. The molecule has 0 aromatic carbocycles. The molecule has 0 bridgehead atoms. The first kappa shape index (κ1) is 11.9. The molecule has 92 valence electrons. The third-order valence-electron chi connectivity index (χ3n) is 2.78. The lowest BCUT2D eigenvalue weighted by atomic mass is 10.2. The molecule has 0 saturated carbocycles. The molecule has 5 nitrogen and oxygen atoms in total. The lowest BCUT2D eigenvalue weighted by Gasteiger charge is -2.04. The molecule has 0 atom stereocenters. The molecule has 17 heavy (non-hydrogen) atoms. The predicted octanol–water partition coefficient (Wildman–Crippen LogP) is 1.67. The second kappa shape index (κ2) is 5.63. The van der Waals surface area contributed by atoms with Crippen LogP contribution in [-0.4, -0.2) is 21.5 Å². The Morgan fingerprint density at radius 1 is 1.41 bits per heavy atom. The molecule has 0 spiro atoms. The summed E-state index contributed by atoms with van der Waals surface area (Å²) in [7, 11) is 0. The van der Waals surface area contributed by atoms with Crippen LogP contribution in [-0.2, 0) is 13.1 Å². The van der Waals surface area contributed by atoms with Crippen LogP contribution in [0.5, 0.6) is 0 Å². The summed E-state index contributed by atoms with van der Waals surface area (Å²) in [5.41, 5.74) is 2.14. The van der Waals surface area contributed by atoms with E-state index in [4.69, 9.17) is 4.52 Å². The van der Waals surface area contributed by atoms with Gasteiger partial charge in [0.05, 0.1) is 5.69 Å². The van der Waals surface area contributed by atoms with Crippen molar-refractivity contribution in [3.8, 4) is 0 Å². The maximum absolute atomic E-state index is 5.11. The Morgan fingerprint density at radius 2 is 2.29 bits per heavy atom. The van der Waals surface area contributed by atoms with E-state index >= 15 is 0 Å². The lowest BCUT2D eigenvalue weighted by Crippen LogP contribution is -2.17. The van der Waals surface area contributed by atoms with Crippen molar-refractivity contribution in [3.63, 3.8) is 0 Å². The average Bonchev–Trinajstić information content (AvgIpc) is 2.92. The van der Waals surface area contributed by atoms with Crippen LogP contribution in [0.3, 0.4) is 0 Å². The molecule has 1 N–H and O–H groups in total. The molecule has 0 aliphatic rings. The van der Waals surface area contributed by atoms with Crippen molar-refractivity contribution in [2.45, 2.75) is 33.4 Å². The number of nitrogens with zero attached hydrogens (tertiary/aromatic N) is 3. The Bertz CT molecular complexity index is 428. The van der Waals surface area contributed by atoms with Crippen LogP contribution in [0.1, 0.15) is 23.4 Å². The van der Waals surface area contributed by atoms with Crippen LogP contribution in [0.25, 0.3) is 0 Å². The van der Waals surface area contributed by atoms with E-state index in [1.54, 1.807) is 6.20 Å². The van der Waals surface area contributed by atoms with Crippen molar-refractivity contribution in [2.75, 3.05) is 6.54 Å². The van der Waals surface area contributed by atoms with Gasteiger partial charge in [0, 0.05) is 31.0 Å². The number of nitrogens with one attached hydrogen (secondary N) is 1. The summed E-state index contributed by atoms with van der Waals surface area (Å²) in [5, 5.41) is 11.5. The summed E-state index contributed by atoms with van der Waals surface area (Å²) in [4.78, 5) is 0. The van der Waals surface area contributed by atoms with Crippen molar-refractivity contribution in [1.29, 1.82) is 0 Å². The molecule has 0 fully saturated rings. The van der Waals surface area contributed by atoms with Gasteiger partial charge in [-0.2, -0.15) is 5.10 Å². The zero-order chi connectivity index (χ0) is 12.1. The molecule has 0 unspecified atom stereocenters. The van der Waals surface area contributed by atoms with Crippen LogP contribution in [0.2, 0.25) is 0 Å². The molecule has 2 aromatic heterocycles. The summed E-state index contributed by atoms with van der Waals surface area (Å²) < 4.78 is 7.05. The third kappa shape index (κ3) is 3.17. The molecule has 2 heterocycles. The number of aryl methyl sites for hydroxylation is 3. The van der Waals surface area contributed by atoms with Gasteiger partial charge in [0.2, 0.25) is 0 Å². The number of rotatable bonds is 6. The molecule has 0 saturated heterocycles. The number of hydrogen-bond acceptors (Lipinski definition) is 4. The van der Waals surface area contributed by atoms with Gasteiger partial charge < -0.3 is 9.84 Å². The van der Waals surface area contributed by atoms with Gasteiger partial charge >= 0.3 is 0 Å². The number of hydrogen-bond donors (Lipinski definition) is 1. The Labute approximate surface area is 101 Å². The molecular formula is C12H18N4O. The summed E-state index contributed by atoms with van der Waals surface area (Å²) in [6.45, 7) is 6.64. The van der Waals surface area contributed by atoms with Crippen LogP contribution in [0.4, 0.5) is 0 Å². The van der Waals surface area contributed by atoms with Gasteiger partial charge in [0.1, 0.15) is 5.76 Å². The van der Waals surface area contributed by atoms with Gasteiger partial charge in [-0.1, -0.05) is 5.16 Å². The summed E-state index contributed by atoms with van der Waals surface area (Å²) >= 11 is 0. The maximum Gasteiger partial charge on any atom is 0.138 e. The van der Waals surface area contributed by atoms with Crippen molar-refractivity contribution in [2.24, 2.45) is 0 Å². The maximum atomic E-state index is 5.11.